The topological polar surface area (TPSA) is 85.2 Å². The van der Waals surface area contributed by atoms with Gasteiger partial charge in [0, 0.05) is 48.6 Å². The van der Waals surface area contributed by atoms with E-state index in [4.69, 9.17) is 19.5 Å². The first-order valence-corrected chi connectivity index (χ1v) is 11.5. The van der Waals surface area contributed by atoms with Crippen LogP contribution in [0.1, 0.15) is 37.4 Å². The van der Waals surface area contributed by atoms with E-state index in [1.807, 2.05) is 36.4 Å². The summed E-state index contributed by atoms with van der Waals surface area (Å²) in [4.78, 5) is 26.4. The SMILES string of the molecule is COCCC(C)CN=C1Nc2ccc(Br)cc2C(c2ccccn2)=NC1CCC(=O)OC. The molecule has 1 aliphatic heterocycles. The molecule has 0 bridgehead atoms. The van der Waals surface area contributed by atoms with E-state index in [1.165, 1.54) is 7.11 Å². The minimum absolute atomic E-state index is 0.250. The van der Waals surface area contributed by atoms with Gasteiger partial charge in [-0.2, -0.15) is 0 Å². The van der Waals surface area contributed by atoms with Crippen LogP contribution in [0.2, 0.25) is 0 Å². The molecule has 0 saturated heterocycles. The van der Waals surface area contributed by atoms with E-state index in [2.05, 4.69) is 33.2 Å². The Morgan fingerprint density at radius 1 is 1.28 bits per heavy atom. The van der Waals surface area contributed by atoms with Crippen molar-refractivity contribution < 1.29 is 14.3 Å². The van der Waals surface area contributed by atoms with Crippen molar-refractivity contribution in [2.75, 3.05) is 32.7 Å². The fourth-order valence-electron chi connectivity index (χ4n) is 3.40. The fourth-order valence-corrected chi connectivity index (χ4v) is 3.76. The van der Waals surface area contributed by atoms with E-state index >= 15 is 0 Å². The fraction of sp³-hybridized carbons (Fsp3) is 0.417. The number of esters is 1. The third-order valence-corrected chi connectivity index (χ3v) is 5.74. The van der Waals surface area contributed by atoms with Crippen LogP contribution in [0.15, 0.2) is 57.1 Å². The quantitative estimate of drug-likeness (QED) is 0.512. The van der Waals surface area contributed by atoms with Crippen LogP contribution in [0.25, 0.3) is 0 Å². The van der Waals surface area contributed by atoms with Crippen molar-refractivity contribution in [3.63, 3.8) is 0 Å². The standard InChI is InChI=1S/C24H29BrN4O3/c1-16(11-13-31-2)15-27-24-21(9-10-22(30)32-3)28-23(20-6-4-5-12-26-20)18-14-17(25)7-8-19(18)29-24/h4-8,12,14,16,21H,9-11,13,15H2,1-3H3,(H,27,29). The van der Waals surface area contributed by atoms with Gasteiger partial charge in [0.05, 0.1) is 18.5 Å². The largest absolute Gasteiger partial charge is 0.469 e. The number of carbonyl (C=O) groups is 1. The number of aromatic nitrogens is 1. The zero-order valence-electron chi connectivity index (χ0n) is 18.7. The molecule has 0 amide bonds. The van der Waals surface area contributed by atoms with Crippen LogP contribution in [0.3, 0.4) is 0 Å². The van der Waals surface area contributed by atoms with E-state index in [1.54, 1.807) is 13.3 Å². The summed E-state index contributed by atoms with van der Waals surface area (Å²) in [6.45, 7) is 3.49. The van der Waals surface area contributed by atoms with Gasteiger partial charge >= 0.3 is 5.97 Å². The second kappa shape index (κ2) is 11.9. The Hall–Kier alpha value is -2.58. The van der Waals surface area contributed by atoms with Crippen molar-refractivity contribution in [3.8, 4) is 0 Å². The van der Waals surface area contributed by atoms with Crippen molar-refractivity contribution in [2.45, 2.75) is 32.2 Å². The molecule has 170 valence electrons. The molecule has 1 aliphatic rings. The maximum atomic E-state index is 11.9. The summed E-state index contributed by atoms with van der Waals surface area (Å²) in [5.41, 5.74) is 3.37. The van der Waals surface area contributed by atoms with Crippen LogP contribution in [0.4, 0.5) is 5.69 Å². The predicted molar refractivity (Wildman–Crippen MR) is 131 cm³/mol. The van der Waals surface area contributed by atoms with Crippen molar-refractivity contribution in [1.29, 1.82) is 0 Å². The summed E-state index contributed by atoms with van der Waals surface area (Å²) in [7, 11) is 3.10. The Morgan fingerprint density at radius 3 is 2.84 bits per heavy atom. The van der Waals surface area contributed by atoms with Gasteiger partial charge in [0.2, 0.25) is 0 Å². The zero-order chi connectivity index (χ0) is 22.9. The summed E-state index contributed by atoms with van der Waals surface area (Å²) in [6.07, 6.45) is 3.41. The molecule has 2 unspecified atom stereocenters. The van der Waals surface area contributed by atoms with Gasteiger partial charge in [-0.15, -0.1) is 0 Å². The molecular weight excluding hydrogens is 472 g/mol. The Bertz CT molecular complexity index is 978. The summed E-state index contributed by atoms with van der Waals surface area (Å²) < 4.78 is 11.0. The molecule has 32 heavy (non-hydrogen) atoms. The van der Waals surface area contributed by atoms with E-state index in [0.29, 0.717) is 25.5 Å². The molecule has 7 nitrogen and oxygen atoms in total. The number of halogens is 1. The molecular formula is C24H29BrN4O3. The lowest BCUT2D eigenvalue weighted by molar-refractivity contribution is -0.140. The average molecular weight is 501 g/mol. The molecule has 0 saturated carbocycles. The van der Waals surface area contributed by atoms with Gasteiger partial charge in [0.1, 0.15) is 11.9 Å². The number of anilines is 1. The highest BCUT2D eigenvalue weighted by Crippen LogP contribution is 2.28. The minimum Gasteiger partial charge on any atom is -0.469 e. The van der Waals surface area contributed by atoms with Crippen LogP contribution in [-0.2, 0) is 14.3 Å². The van der Waals surface area contributed by atoms with Gasteiger partial charge in [-0.3, -0.25) is 19.8 Å². The van der Waals surface area contributed by atoms with Gasteiger partial charge in [0.15, 0.2) is 0 Å². The Labute approximate surface area is 197 Å². The molecule has 2 atom stereocenters. The monoisotopic (exact) mass is 500 g/mol. The number of nitrogens with one attached hydrogen (secondary N) is 1. The van der Waals surface area contributed by atoms with E-state index in [0.717, 1.165) is 39.4 Å². The molecule has 0 fully saturated rings. The lowest BCUT2D eigenvalue weighted by Gasteiger charge is -2.17. The first kappa shape index (κ1) is 24.1. The molecule has 0 spiro atoms. The summed E-state index contributed by atoms with van der Waals surface area (Å²) in [6, 6.07) is 11.4. The number of benzene rings is 1. The number of nitrogens with zero attached hydrogens (tertiary/aromatic N) is 3. The van der Waals surface area contributed by atoms with Crippen molar-refractivity contribution in [3.05, 3.63) is 58.3 Å². The zero-order valence-corrected chi connectivity index (χ0v) is 20.3. The lowest BCUT2D eigenvalue weighted by Crippen LogP contribution is -2.28. The third kappa shape index (κ3) is 6.46. The number of rotatable bonds is 9. The number of aliphatic imine (C=N–C) groups is 2. The number of ether oxygens (including phenoxy) is 2. The van der Waals surface area contributed by atoms with E-state index < -0.39 is 0 Å². The molecule has 0 radical (unpaired) electrons. The number of methoxy groups -OCH3 is 2. The molecule has 0 aliphatic carbocycles. The number of hydrogen-bond donors (Lipinski definition) is 1. The second-order valence-corrected chi connectivity index (χ2v) is 8.67. The highest BCUT2D eigenvalue weighted by atomic mass is 79.9. The maximum absolute atomic E-state index is 11.9. The Kier molecular flexibility index (Phi) is 8.93. The van der Waals surface area contributed by atoms with Crippen molar-refractivity contribution in [1.82, 2.24) is 4.98 Å². The van der Waals surface area contributed by atoms with Crippen molar-refractivity contribution >= 4 is 39.1 Å². The van der Waals surface area contributed by atoms with Gasteiger partial charge in [-0.05, 0) is 49.1 Å². The number of carbonyl (C=O) groups excluding carboxylic acids is 1. The van der Waals surface area contributed by atoms with Gasteiger partial charge in [-0.25, -0.2) is 0 Å². The Morgan fingerprint density at radius 2 is 2.12 bits per heavy atom. The van der Waals surface area contributed by atoms with Crippen LogP contribution in [0, 0.1) is 5.92 Å². The first-order valence-electron chi connectivity index (χ1n) is 10.7. The molecule has 1 aromatic heterocycles. The number of benzodiazepines with no additional fused rings is 1. The highest BCUT2D eigenvalue weighted by molar-refractivity contribution is 9.10. The molecule has 1 aromatic carbocycles. The molecule has 8 heteroatoms. The van der Waals surface area contributed by atoms with Gasteiger partial charge < -0.3 is 14.8 Å². The number of pyridine rings is 1. The lowest BCUT2D eigenvalue weighted by atomic mass is 10.0. The van der Waals surface area contributed by atoms with Crippen LogP contribution in [-0.4, -0.2) is 55.9 Å². The number of fused-ring (bicyclic) bond motifs is 1. The minimum atomic E-state index is -0.327. The van der Waals surface area contributed by atoms with Gasteiger partial charge in [-0.1, -0.05) is 28.9 Å². The van der Waals surface area contributed by atoms with E-state index in [9.17, 15) is 4.79 Å². The first-order chi connectivity index (χ1) is 15.5. The average Bonchev–Trinajstić information content (AvgIpc) is 2.96. The Balaban J connectivity index is 2.03. The molecule has 2 heterocycles. The number of hydrogen-bond acceptors (Lipinski definition) is 6. The number of amidine groups is 1. The molecule has 1 N–H and O–H groups in total. The third-order valence-electron chi connectivity index (χ3n) is 5.25. The van der Waals surface area contributed by atoms with E-state index in [-0.39, 0.29) is 18.4 Å². The van der Waals surface area contributed by atoms with Crippen LogP contribution in [0.5, 0.6) is 0 Å². The second-order valence-electron chi connectivity index (χ2n) is 7.75. The summed E-state index contributed by atoms with van der Waals surface area (Å²) in [5.74, 6) is 0.835. The van der Waals surface area contributed by atoms with Gasteiger partial charge in [0.25, 0.3) is 0 Å². The smallest absolute Gasteiger partial charge is 0.305 e. The summed E-state index contributed by atoms with van der Waals surface area (Å²) in [5, 5.41) is 3.49. The predicted octanol–water partition coefficient (Wildman–Crippen LogP) is 4.50. The normalized spacial score (nSPS) is 17.7. The van der Waals surface area contributed by atoms with Crippen LogP contribution < -0.4 is 5.32 Å². The highest BCUT2D eigenvalue weighted by Gasteiger charge is 2.26. The van der Waals surface area contributed by atoms with Crippen LogP contribution >= 0.6 is 15.9 Å². The summed E-state index contributed by atoms with van der Waals surface area (Å²) >= 11 is 3.57. The molecule has 3 rings (SSSR count). The molecule has 2 aromatic rings. The van der Waals surface area contributed by atoms with Crippen molar-refractivity contribution in [2.24, 2.45) is 15.9 Å². The maximum Gasteiger partial charge on any atom is 0.305 e.